The van der Waals surface area contributed by atoms with Gasteiger partial charge in [0.2, 0.25) is 5.91 Å². The van der Waals surface area contributed by atoms with Crippen molar-refractivity contribution in [1.82, 2.24) is 5.32 Å². The predicted molar refractivity (Wildman–Crippen MR) is 126 cm³/mol. The van der Waals surface area contributed by atoms with Gasteiger partial charge in [-0.3, -0.25) is 9.59 Å². The number of rotatable bonds is 13. The number of amides is 1. The van der Waals surface area contributed by atoms with E-state index in [0.717, 1.165) is 25.8 Å². The van der Waals surface area contributed by atoms with Gasteiger partial charge in [-0.25, -0.2) is 0 Å². The van der Waals surface area contributed by atoms with Gasteiger partial charge in [0.05, 0.1) is 12.2 Å². The molecule has 0 radical (unpaired) electrons. The fraction of sp³-hybridized carbons (Fsp3) is 0.556. The van der Waals surface area contributed by atoms with E-state index in [4.69, 9.17) is 0 Å². The van der Waals surface area contributed by atoms with Crippen LogP contribution in [0.5, 0.6) is 0 Å². The van der Waals surface area contributed by atoms with E-state index >= 15 is 0 Å². The Morgan fingerprint density at radius 1 is 1.19 bits per heavy atom. The number of unbranched alkanes of at least 4 members (excludes halogenated alkanes) is 1. The zero-order chi connectivity index (χ0) is 22.8. The first-order chi connectivity index (χ1) is 15.5. The second-order valence-electron chi connectivity index (χ2n) is 9.22. The molecule has 1 aromatic carbocycles. The van der Waals surface area contributed by atoms with Crippen molar-refractivity contribution in [3.63, 3.8) is 0 Å². The van der Waals surface area contributed by atoms with Crippen LogP contribution < -0.4 is 5.32 Å². The lowest BCUT2D eigenvalue weighted by Crippen LogP contribution is -2.24. The SMILES string of the molecule is O=C(CCC/C=C\C[C@@H]1C(=CC[C@@H](O)CCc2ccccc2)C(=O)C[C@@H]1O)NCC1CC1. The topological polar surface area (TPSA) is 86.6 Å². The third-order valence-corrected chi connectivity index (χ3v) is 6.42. The summed E-state index contributed by atoms with van der Waals surface area (Å²) in [5, 5.41) is 23.6. The third kappa shape index (κ3) is 8.36. The number of carbonyl (C=O) groups excluding carboxylic acids is 2. The lowest BCUT2D eigenvalue weighted by molar-refractivity contribution is -0.121. The minimum atomic E-state index is -0.659. The summed E-state index contributed by atoms with van der Waals surface area (Å²) in [6.07, 6.45) is 12.0. The zero-order valence-electron chi connectivity index (χ0n) is 18.9. The number of nitrogens with one attached hydrogen (secondary N) is 1. The number of aliphatic hydroxyl groups is 2. The van der Waals surface area contributed by atoms with E-state index in [9.17, 15) is 19.8 Å². The van der Waals surface area contributed by atoms with Crippen molar-refractivity contribution >= 4 is 11.7 Å². The van der Waals surface area contributed by atoms with Crippen molar-refractivity contribution < 1.29 is 19.8 Å². The van der Waals surface area contributed by atoms with E-state index in [1.807, 2.05) is 48.6 Å². The number of aryl methyl sites for hydroxylation is 1. The van der Waals surface area contributed by atoms with Gasteiger partial charge in [0.25, 0.3) is 0 Å². The lowest BCUT2D eigenvalue weighted by atomic mass is 9.94. The molecular formula is C27H37NO4. The van der Waals surface area contributed by atoms with Crippen molar-refractivity contribution in [3.8, 4) is 0 Å². The predicted octanol–water partition coefficient (Wildman–Crippen LogP) is 3.89. The molecule has 0 spiro atoms. The van der Waals surface area contributed by atoms with E-state index in [1.165, 1.54) is 18.4 Å². The molecule has 0 aromatic heterocycles. The van der Waals surface area contributed by atoms with Gasteiger partial charge in [-0.1, -0.05) is 48.6 Å². The maximum atomic E-state index is 12.3. The Hall–Kier alpha value is -2.24. The number of Topliss-reactive ketones (excluding diaryl/α,β-unsaturated/α-hetero) is 1. The number of benzene rings is 1. The number of hydrogen-bond donors (Lipinski definition) is 3. The summed E-state index contributed by atoms with van der Waals surface area (Å²) < 4.78 is 0. The second kappa shape index (κ2) is 12.7. The average Bonchev–Trinajstić information content (AvgIpc) is 3.58. The van der Waals surface area contributed by atoms with Gasteiger partial charge < -0.3 is 15.5 Å². The maximum Gasteiger partial charge on any atom is 0.220 e. The van der Waals surface area contributed by atoms with Gasteiger partial charge in [0, 0.05) is 25.3 Å². The highest BCUT2D eigenvalue weighted by atomic mass is 16.3. The highest BCUT2D eigenvalue weighted by molar-refractivity contribution is 5.98. The monoisotopic (exact) mass is 439 g/mol. The summed E-state index contributed by atoms with van der Waals surface area (Å²) in [5.41, 5.74) is 1.84. The van der Waals surface area contributed by atoms with E-state index in [-0.39, 0.29) is 24.0 Å². The van der Waals surface area contributed by atoms with Crippen molar-refractivity contribution in [1.29, 1.82) is 0 Å². The molecule has 2 fully saturated rings. The summed E-state index contributed by atoms with van der Waals surface area (Å²) in [5.74, 6) is 0.602. The van der Waals surface area contributed by atoms with Gasteiger partial charge in [-0.2, -0.15) is 0 Å². The summed E-state index contributed by atoms with van der Waals surface area (Å²) in [6, 6.07) is 10.0. The van der Waals surface area contributed by atoms with E-state index < -0.39 is 12.2 Å². The van der Waals surface area contributed by atoms with E-state index in [0.29, 0.717) is 37.2 Å². The molecule has 174 valence electrons. The first kappa shape index (κ1) is 24.4. The summed E-state index contributed by atoms with van der Waals surface area (Å²) >= 11 is 0. The first-order valence-electron chi connectivity index (χ1n) is 12.1. The highest BCUT2D eigenvalue weighted by Crippen LogP contribution is 2.32. The quantitative estimate of drug-likeness (QED) is 0.247. The molecule has 0 heterocycles. The van der Waals surface area contributed by atoms with Crippen LogP contribution in [0, 0.1) is 11.8 Å². The molecule has 1 amide bonds. The maximum absolute atomic E-state index is 12.3. The summed E-state index contributed by atoms with van der Waals surface area (Å²) in [6.45, 7) is 0.818. The van der Waals surface area contributed by atoms with Crippen LogP contribution in [0.1, 0.15) is 63.4 Å². The Morgan fingerprint density at radius 2 is 1.97 bits per heavy atom. The van der Waals surface area contributed by atoms with Crippen LogP contribution in [0.2, 0.25) is 0 Å². The summed E-state index contributed by atoms with van der Waals surface area (Å²) in [7, 11) is 0. The Kier molecular flexibility index (Phi) is 9.69. The van der Waals surface area contributed by atoms with Crippen LogP contribution in [0.15, 0.2) is 54.1 Å². The van der Waals surface area contributed by atoms with E-state index in [1.54, 1.807) is 0 Å². The molecule has 0 bridgehead atoms. The molecule has 32 heavy (non-hydrogen) atoms. The van der Waals surface area contributed by atoms with Gasteiger partial charge in [-0.05, 0) is 68.4 Å². The Morgan fingerprint density at radius 3 is 2.72 bits per heavy atom. The molecule has 2 aliphatic carbocycles. The molecule has 5 heteroatoms. The molecule has 0 aliphatic heterocycles. The summed E-state index contributed by atoms with van der Waals surface area (Å²) in [4.78, 5) is 24.1. The van der Waals surface area contributed by atoms with Crippen molar-refractivity contribution in [2.24, 2.45) is 11.8 Å². The Bertz CT molecular complexity index is 797. The number of ketones is 1. The number of aliphatic hydroxyl groups excluding tert-OH is 2. The minimum absolute atomic E-state index is 0.0153. The van der Waals surface area contributed by atoms with Crippen molar-refractivity contribution in [2.75, 3.05) is 6.54 Å². The highest BCUT2D eigenvalue weighted by Gasteiger charge is 2.35. The van der Waals surface area contributed by atoms with Crippen LogP contribution in [0.4, 0.5) is 0 Å². The molecule has 1 aromatic rings. The molecule has 3 atom stereocenters. The average molecular weight is 440 g/mol. The van der Waals surface area contributed by atoms with Crippen LogP contribution in [0.3, 0.4) is 0 Å². The first-order valence-corrected chi connectivity index (χ1v) is 12.1. The van der Waals surface area contributed by atoms with Gasteiger partial charge in [0.15, 0.2) is 5.78 Å². The van der Waals surface area contributed by atoms with Crippen molar-refractivity contribution in [3.05, 3.63) is 59.7 Å². The molecule has 2 saturated carbocycles. The lowest BCUT2D eigenvalue weighted by Gasteiger charge is -2.14. The molecule has 3 N–H and O–H groups in total. The van der Waals surface area contributed by atoms with Gasteiger partial charge >= 0.3 is 0 Å². The second-order valence-corrected chi connectivity index (χ2v) is 9.22. The largest absolute Gasteiger partial charge is 0.393 e. The van der Waals surface area contributed by atoms with E-state index in [2.05, 4.69) is 5.32 Å². The van der Waals surface area contributed by atoms with Gasteiger partial charge in [-0.15, -0.1) is 0 Å². The van der Waals surface area contributed by atoms with Crippen LogP contribution in [-0.2, 0) is 16.0 Å². The fourth-order valence-electron chi connectivity index (χ4n) is 4.18. The smallest absolute Gasteiger partial charge is 0.220 e. The van der Waals surface area contributed by atoms with Crippen LogP contribution in [-0.4, -0.2) is 40.7 Å². The fourth-order valence-corrected chi connectivity index (χ4v) is 4.18. The molecule has 0 saturated heterocycles. The van der Waals surface area contributed by atoms with Gasteiger partial charge in [0.1, 0.15) is 0 Å². The number of allylic oxidation sites excluding steroid dienone is 2. The standard InChI is InChI=1S/C27H37NO4/c29-22(15-14-20-8-4-3-5-9-20)16-17-24-23(25(30)18-26(24)31)10-6-1-2-7-11-27(32)28-19-21-12-13-21/h1,3-6,8-9,17,21-23,25,29-30H,2,7,10-16,18-19H2,(H,28,32)/b6-1-,24-17?/t22-,23+,25-/m0/s1. The van der Waals surface area contributed by atoms with Crippen LogP contribution in [0.25, 0.3) is 0 Å². The molecular weight excluding hydrogens is 402 g/mol. The zero-order valence-corrected chi connectivity index (χ0v) is 18.9. The molecule has 5 nitrogen and oxygen atoms in total. The Balaban J connectivity index is 1.38. The van der Waals surface area contributed by atoms with Crippen LogP contribution >= 0.6 is 0 Å². The molecule has 3 rings (SSSR count). The minimum Gasteiger partial charge on any atom is -0.393 e. The molecule has 0 unspecified atom stereocenters. The van der Waals surface area contributed by atoms with Crippen molar-refractivity contribution in [2.45, 2.75) is 76.4 Å². The number of carbonyl (C=O) groups is 2. The normalized spacial score (nSPS) is 23.2. The number of hydrogen-bond acceptors (Lipinski definition) is 4. The third-order valence-electron chi connectivity index (χ3n) is 6.42. The molecule has 2 aliphatic rings. The Labute approximate surface area is 191 Å².